The van der Waals surface area contributed by atoms with Crippen molar-refractivity contribution in [1.82, 2.24) is 14.6 Å². The van der Waals surface area contributed by atoms with Gasteiger partial charge in [-0.3, -0.25) is 0 Å². The molecule has 2 atom stereocenters. The second-order valence-corrected chi connectivity index (χ2v) is 7.56. The number of halogens is 1. The molecule has 1 aliphatic heterocycles. The number of carboxylic acid groups (broad SMARTS) is 1. The Morgan fingerprint density at radius 1 is 1.52 bits per heavy atom. The number of benzene rings is 1. The van der Waals surface area contributed by atoms with E-state index in [1.807, 2.05) is 13.8 Å². The Morgan fingerprint density at radius 3 is 3.03 bits per heavy atom. The minimum absolute atomic E-state index is 0.00818. The number of rotatable bonds is 6. The summed E-state index contributed by atoms with van der Waals surface area (Å²) in [5.41, 5.74) is 6.98. The molecule has 0 bridgehead atoms. The van der Waals surface area contributed by atoms with Gasteiger partial charge in [-0.2, -0.15) is 5.10 Å². The minimum atomic E-state index is -1.10. The molecule has 8 nitrogen and oxygen atoms in total. The first kappa shape index (κ1) is 19.1. The molecule has 3 aromatic rings. The highest BCUT2D eigenvalue weighted by Gasteiger charge is 2.36. The molecule has 0 saturated carbocycles. The van der Waals surface area contributed by atoms with Crippen LogP contribution in [0.5, 0.6) is 5.75 Å². The van der Waals surface area contributed by atoms with Gasteiger partial charge in [0.25, 0.3) is 0 Å². The molecule has 1 aromatic carbocycles. The average molecular weight is 399 g/mol. The molecule has 1 aliphatic rings. The van der Waals surface area contributed by atoms with Crippen LogP contribution in [0.3, 0.4) is 0 Å². The van der Waals surface area contributed by atoms with Gasteiger partial charge in [0, 0.05) is 23.7 Å². The van der Waals surface area contributed by atoms with Gasteiger partial charge in [0.15, 0.2) is 5.65 Å². The Kier molecular flexibility index (Phi) is 4.62. The zero-order valence-corrected chi connectivity index (χ0v) is 16.1. The van der Waals surface area contributed by atoms with E-state index in [9.17, 15) is 14.3 Å². The topological polar surface area (TPSA) is 115 Å². The molecule has 0 radical (unpaired) electrons. The monoisotopic (exact) mass is 399 g/mol. The van der Waals surface area contributed by atoms with Gasteiger partial charge in [0.2, 0.25) is 0 Å². The van der Waals surface area contributed by atoms with Crippen LogP contribution in [-0.4, -0.2) is 37.8 Å². The van der Waals surface area contributed by atoms with Crippen molar-refractivity contribution in [3.05, 3.63) is 53.1 Å². The molecule has 0 amide bonds. The maximum absolute atomic E-state index is 14.3. The summed E-state index contributed by atoms with van der Waals surface area (Å²) in [6.45, 7) is 4.33. The fourth-order valence-electron chi connectivity index (χ4n) is 3.78. The third kappa shape index (κ3) is 3.49. The van der Waals surface area contributed by atoms with Crippen molar-refractivity contribution < 1.29 is 19.0 Å². The van der Waals surface area contributed by atoms with E-state index >= 15 is 0 Å². The molecule has 29 heavy (non-hydrogen) atoms. The summed E-state index contributed by atoms with van der Waals surface area (Å²) < 4.78 is 21.8. The molecule has 9 heteroatoms. The van der Waals surface area contributed by atoms with Crippen LogP contribution in [0.2, 0.25) is 0 Å². The van der Waals surface area contributed by atoms with E-state index in [4.69, 9.17) is 10.5 Å². The van der Waals surface area contributed by atoms with Crippen LogP contribution in [-0.2, 0) is 6.42 Å². The van der Waals surface area contributed by atoms with E-state index in [1.54, 1.807) is 12.3 Å². The molecule has 3 heterocycles. The van der Waals surface area contributed by atoms with Gasteiger partial charge in [0.05, 0.1) is 12.2 Å². The summed E-state index contributed by atoms with van der Waals surface area (Å²) in [5, 5.41) is 16.5. The van der Waals surface area contributed by atoms with Crippen molar-refractivity contribution in [2.45, 2.75) is 38.3 Å². The number of ether oxygens (including phenoxy) is 1. The number of hydrogen-bond donors (Lipinski definition) is 3. The summed E-state index contributed by atoms with van der Waals surface area (Å²) in [7, 11) is 0. The quantitative estimate of drug-likeness (QED) is 0.584. The Balaban J connectivity index is 1.65. The highest BCUT2D eigenvalue weighted by Crippen LogP contribution is 2.42. The fraction of sp³-hybridized carbons (Fsp3) is 0.350. The molecule has 4 rings (SSSR count). The number of carboxylic acids is 1. The molecule has 0 spiro atoms. The second kappa shape index (κ2) is 7.00. The fourth-order valence-corrected chi connectivity index (χ4v) is 3.78. The molecule has 0 saturated heterocycles. The van der Waals surface area contributed by atoms with Crippen molar-refractivity contribution in [2.24, 2.45) is 5.73 Å². The predicted molar refractivity (Wildman–Crippen MR) is 105 cm³/mol. The first-order valence-corrected chi connectivity index (χ1v) is 9.35. The maximum atomic E-state index is 14.3. The highest BCUT2D eigenvalue weighted by atomic mass is 19.1. The number of nitrogens with two attached hydrogens (primary N) is 1. The second-order valence-electron chi connectivity index (χ2n) is 7.56. The first-order chi connectivity index (χ1) is 13.8. The van der Waals surface area contributed by atoms with E-state index in [0.717, 1.165) is 5.56 Å². The van der Waals surface area contributed by atoms with E-state index < -0.39 is 11.6 Å². The van der Waals surface area contributed by atoms with E-state index in [0.29, 0.717) is 36.5 Å². The van der Waals surface area contributed by atoms with Crippen molar-refractivity contribution in [2.75, 3.05) is 11.9 Å². The molecular weight excluding hydrogens is 377 g/mol. The zero-order chi connectivity index (χ0) is 20.8. The molecular formula is C20H22FN5O3. The lowest BCUT2D eigenvalue weighted by Gasteiger charge is -2.24. The third-order valence-corrected chi connectivity index (χ3v) is 5.18. The lowest BCUT2D eigenvalue weighted by molar-refractivity contribution is 0.0698. The van der Waals surface area contributed by atoms with Gasteiger partial charge in [-0.15, -0.1) is 0 Å². The summed E-state index contributed by atoms with van der Waals surface area (Å²) in [6.07, 6.45) is 4.14. The smallest absolute Gasteiger partial charge is 0.341 e. The van der Waals surface area contributed by atoms with E-state index in [2.05, 4.69) is 15.4 Å². The van der Waals surface area contributed by atoms with Gasteiger partial charge in [-0.05, 0) is 45.0 Å². The number of carbonyl (C=O) groups is 1. The van der Waals surface area contributed by atoms with Gasteiger partial charge in [0.1, 0.15) is 28.5 Å². The Bertz CT molecular complexity index is 1100. The first-order valence-electron chi connectivity index (χ1n) is 9.35. The van der Waals surface area contributed by atoms with Crippen LogP contribution in [0.4, 0.5) is 10.2 Å². The number of anilines is 1. The number of aromatic nitrogens is 3. The van der Waals surface area contributed by atoms with Crippen LogP contribution >= 0.6 is 0 Å². The zero-order valence-electron chi connectivity index (χ0n) is 16.1. The largest absolute Gasteiger partial charge is 0.487 e. The van der Waals surface area contributed by atoms with Crippen LogP contribution < -0.4 is 15.8 Å². The SMILES string of the molecule is C[C@@H](Nc1ccn2ncc(C(=O)O)c2n1)c1cc(F)cc2c1O[C@@](C)(CCN)C2. The van der Waals surface area contributed by atoms with E-state index in [-0.39, 0.29) is 23.1 Å². The molecule has 4 N–H and O–H groups in total. The maximum Gasteiger partial charge on any atom is 0.341 e. The van der Waals surface area contributed by atoms with Crippen molar-refractivity contribution >= 4 is 17.4 Å². The van der Waals surface area contributed by atoms with Gasteiger partial charge in [-0.25, -0.2) is 18.7 Å². The highest BCUT2D eigenvalue weighted by molar-refractivity contribution is 5.94. The predicted octanol–water partition coefficient (Wildman–Crippen LogP) is 2.78. The molecule has 2 aromatic heterocycles. The molecule has 0 aliphatic carbocycles. The minimum Gasteiger partial charge on any atom is -0.487 e. The molecule has 0 unspecified atom stereocenters. The summed E-state index contributed by atoms with van der Waals surface area (Å²) in [4.78, 5) is 15.7. The normalized spacial score (nSPS) is 19.0. The third-order valence-electron chi connectivity index (χ3n) is 5.18. The summed E-state index contributed by atoms with van der Waals surface area (Å²) in [6, 6.07) is 4.31. The van der Waals surface area contributed by atoms with Crippen molar-refractivity contribution in [1.29, 1.82) is 0 Å². The standard InChI is InChI=1S/C20H22FN5O3/c1-11(24-16-3-6-26-18(25-16)15(10-23-26)19(27)28)14-8-13(21)7-12-9-20(2,4-5-22)29-17(12)14/h3,6-8,10-11H,4-5,9,22H2,1-2H3,(H,24,25)(H,27,28)/t11-,20+/m1/s1. The number of hydrogen-bond acceptors (Lipinski definition) is 6. The molecule has 152 valence electrons. The lowest BCUT2D eigenvalue weighted by atomic mass is 9.94. The van der Waals surface area contributed by atoms with E-state index in [1.165, 1.54) is 22.8 Å². The Hall–Kier alpha value is -3.20. The number of fused-ring (bicyclic) bond motifs is 2. The summed E-state index contributed by atoms with van der Waals surface area (Å²) >= 11 is 0. The number of aromatic carboxylic acids is 1. The van der Waals surface area contributed by atoms with Crippen molar-refractivity contribution in [3.8, 4) is 5.75 Å². The van der Waals surface area contributed by atoms with Crippen molar-refractivity contribution in [3.63, 3.8) is 0 Å². The van der Waals surface area contributed by atoms with Crippen LogP contribution in [0.1, 0.15) is 47.8 Å². The lowest BCUT2D eigenvalue weighted by Crippen LogP contribution is -2.33. The Morgan fingerprint density at radius 2 is 2.31 bits per heavy atom. The number of nitrogens with one attached hydrogen (secondary N) is 1. The van der Waals surface area contributed by atoms with Crippen LogP contribution in [0.15, 0.2) is 30.6 Å². The van der Waals surface area contributed by atoms with Gasteiger partial charge < -0.3 is 20.9 Å². The number of nitrogens with zero attached hydrogens (tertiary/aromatic N) is 3. The Labute approximate surface area is 166 Å². The van der Waals surface area contributed by atoms with Crippen LogP contribution in [0.25, 0.3) is 5.65 Å². The van der Waals surface area contributed by atoms with Gasteiger partial charge in [-0.1, -0.05) is 0 Å². The molecule has 0 fully saturated rings. The van der Waals surface area contributed by atoms with Gasteiger partial charge >= 0.3 is 5.97 Å². The van der Waals surface area contributed by atoms with Crippen LogP contribution in [0, 0.1) is 5.82 Å². The average Bonchev–Trinajstić information content (AvgIpc) is 3.21. The summed E-state index contributed by atoms with van der Waals surface area (Å²) in [5.74, 6) is -0.318.